The van der Waals surface area contributed by atoms with Crippen LogP contribution in [0.5, 0.6) is 0 Å². The number of likely N-dealkylation sites (tertiary alicyclic amines) is 1. The number of nitrogens with two attached hydrogens (primary N) is 1. The molecule has 1 atom stereocenters. The van der Waals surface area contributed by atoms with Gasteiger partial charge in [-0.25, -0.2) is 13.6 Å². The summed E-state index contributed by atoms with van der Waals surface area (Å²) in [6.07, 6.45) is -0.0102. The first kappa shape index (κ1) is 14.0. The van der Waals surface area contributed by atoms with Gasteiger partial charge in [0.15, 0.2) is 0 Å². The average molecular weight is 282 g/mol. The molecule has 1 unspecified atom stereocenters. The number of carbonyl (C=O) groups is 1. The van der Waals surface area contributed by atoms with E-state index >= 15 is 0 Å². The summed E-state index contributed by atoms with van der Waals surface area (Å²) in [7, 11) is -3.64. The van der Waals surface area contributed by atoms with Crippen molar-refractivity contribution < 1.29 is 13.2 Å². The highest BCUT2D eigenvalue weighted by Gasteiger charge is 2.36. The molecule has 19 heavy (non-hydrogen) atoms. The Hall–Kier alpha value is -1.40. The van der Waals surface area contributed by atoms with Gasteiger partial charge in [0.05, 0.1) is 0 Å². The minimum absolute atomic E-state index is 0.0102. The van der Waals surface area contributed by atoms with E-state index in [2.05, 4.69) is 0 Å². The Morgan fingerprint density at radius 2 is 2.05 bits per heavy atom. The minimum atomic E-state index is -3.64. The van der Waals surface area contributed by atoms with E-state index in [-0.39, 0.29) is 18.9 Å². The van der Waals surface area contributed by atoms with E-state index in [9.17, 15) is 13.2 Å². The van der Waals surface area contributed by atoms with Crippen molar-refractivity contribution in [1.29, 1.82) is 0 Å². The maximum Gasteiger partial charge on any atom is 0.224 e. The third-order valence-electron chi connectivity index (χ3n) is 3.50. The molecule has 1 aromatic rings. The van der Waals surface area contributed by atoms with Gasteiger partial charge in [-0.1, -0.05) is 23.8 Å². The molecule has 104 valence electrons. The van der Waals surface area contributed by atoms with Gasteiger partial charge in [0, 0.05) is 19.5 Å². The summed E-state index contributed by atoms with van der Waals surface area (Å²) in [5, 5.41) is 4.33. The fourth-order valence-electron chi connectivity index (χ4n) is 2.34. The van der Waals surface area contributed by atoms with Crippen molar-refractivity contribution >= 4 is 15.9 Å². The number of rotatable bonds is 3. The van der Waals surface area contributed by atoms with Crippen molar-refractivity contribution in [1.82, 2.24) is 4.90 Å². The molecule has 1 aliphatic rings. The number of carbonyl (C=O) groups excluding carboxylic acids is 1. The fraction of sp³-hybridized carbons (Fsp3) is 0.462. The van der Waals surface area contributed by atoms with Crippen LogP contribution in [0.15, 0.2) is 18.2 Å². The Kier molecular flexibility index (Phi) is 3.64. The van der Waals surface area contributed by atoms with Crippen molar-refractivity contribution in [3.05, 3.63) is 34.9 Å². The van der Waals surface area contributed by atoms with Crippen LogP contribution in [0.3, 0.4) is 0 Å². The highest BCUT2D eigenvalue weighted by molar-refractivity contribution is 7.89. The first-order chi connectivity index (χ1) is 8.77. The quantitative estimate of drug-likeness (QED) is 0.886. The number of aryl methyl sites for hydroxylation is 2. The van der Waals surface area contributed by atoms with E-state index in [1.807, 2.05) is 32.0 Å². The van der Waals surface area contributed by atoms with Crippen LogP contribution in [0.2, 0.25) is 0 Å². The fourth-order valence-corrected chi connectivity index (χ4v) is 3.10. The van der Waals surface area contributed by atoms with Crippen molar-refractivity contribution in [2.24, 2.45) is 5.14 Å². The first-order valence-corrected chi connectivity index (χ1v) is 7.74. The van der Waals surface area contributed by atoms with E-state index in [1.54, 1.807) is 4.90 Å². The molecule has 2 N–H and O–H groups in total. The largest absolute Gasteiger partial charge is 0.337 e. The van der Waals surface area contributed by atoms with Crippen molar-refractivity contribution in [2.45, 2.75) is 32.1 Å². The van der Waals surface area contributed by atoms with Gasteiger partial charge in [0.2, 0.25) is 15.9 Å². The van der Waals surface area contributed by atoms with E-state index in [0.717, 1.165) is 16.7 Å². The highest BCUT2D eigenvalue weighted by atomic mass is 32.2. The van der Waals surface area contributed by atoms with Gasteiger partial charge in [-0.3, -0.25) is 4.79 Å². The lowest BCUT2D eigenvalue weighted by Gasteiger charge is -2.18. The number of benzene rings is 1. The van der Waals surface area contributed by atoms with Crippen LogP contribution in [-0.2, 0) is 21.4 Å². The van der Waals surface area contributed by atoms with Crippen molar-refractivity contribution in [3.8, 4) is 0 Å². The zero-order valence-corrected chi connectivity index (χ0v) is 11.9. The third kappa shape index (κ3) is 3.13. The second-order valence-electron chi connectivity index (χ2n) is 5.12. The van der Waals surface area contributed by atoms with Gasteiger partial charge < -0.3 is 4.90 Å². The second-order valence-corrected chi connectivity index (χ2v) is 6.96. The molecule has 6 heteroatoms. The molecule has 0 bridgehead atoms. The summed E-state index contributed by atoms with van der Waals surface area (Å²) in [4.78, 5) is 13.4. The van der Waals surface area contributed by atoms with Gasteiger partial charge in [-0.15, -0.1) is 0 Å². The summed E-state index contributed by atoms with van der Waals surface area (Å²) in [5.74, 6) is -0.154. The second kappa shape index (κ2) is 4.94. The Morgan fingerprint density at radius 3 is 2.58 bits per heavy atom. The molecule has 1 aromatic carbocycles. The molecule has 0 spiro atoms. The number of amides is 1. The van der Waals surface area contributed by atoms with Crippen LogP contribution in [0, 0.1) is 13.8 Å². The topological polar surface area (TPSA) is 80.5 Å². The Morgan fingerprint density at radius 1 is 1.37 bits per heavy atom. The number of hydrogen-bond donors (Lipinski definition) is 1. The summed E-state index contributed by atoms with van der Waals surface area (Å²) < 4.78 is 22.6. The van der Waals surface area contributed by atoms with Gasteiger partial charge in [0.25, 0.3) is 0 Å². The lowest BCUT2D eigenvalue weighted by atomic mass is 10.1. The zero-order chi connectivity index (χ0) is 14.2. The molecule has 0 aliphatic carbocycles. The van der Waals surface area contributed by atoms with Crippen LogP contribution in [0.1, 0.15) is 23.1 Å². The zero-order valence-electron chi connectivity index (χ0n) is 11.1. The predicted octanol–water partition coefficient (Wildman–Crippen LogP) is 0.693. The first-order valence-electron chi connectivity index (χ1n) is 6.13. The molecule has 1 fully saturated rings. The van der Waals surface area contributed by atoms with Gasteiger partial charge >= 0.3 is 0 Å². The average Bonchev–Trinajstić information content (AvgIpc) is 2.64. The maximum absolute atomic E-state index is 11.8. The molecule has 0 aromatic heterocycles. The number of nitrogens with zero attached hydrogens (tertiary/aromatic N) is 1. The molecule has 1 amide bonds. The molecule has 1 heterocycles. The van der Waals surface area contributed by atoms with Crippen LogP contribution in [-0.4, -0.2) is 31.0 Å². The van der Waals surface area contributed by atoms with E-state index in [1.165, 1.54) is 0 Å². The van der Waals surface area contributed by atoms with E-state index in [0.29, 0.717) is 6.54 Å². The van der Waals surface area contributed by atoms with E-state index in [4.69, 9.17) is 5.14 Å². The normalized spacial score (nSPS) is 20.1. The highest BCUT2D eigenvalue weighted by Crippen LogP contribution is 2.20. The number of hydrogen-bond acceptors (Lipinski definition) is 3. The molecule has 5 nitrogen and oxygen atoms in total. The SMILES string of the molecule is Cc1ccc(CN2CC(S(N)(=O)=O)CC2=O)c(C)c1. The Balaban J connectivity index is 2.14. The van der Waals surface area contributed by atoms with Crippen LogP contribution in [0.25, 0.3) is 0 Å². The Bertz CT molecular complexity index is 610. The standard InChI is InChI=1S/C13H18N2O3S/c1-9-3-4-11(10(2)5-9)7-15-8-12(6-13(15)16)19(14,17)18/h3-5,12H,6-8H2,1-2H3,(H2,14,17,18). The summed E-state index contributed by atoms with van der Waals surface area (Å²) >= 11 is 0. The number of sulfonamides is 1. The lowest BCUT2D eigenvalue weighted by molar-refractivity contribution is -0.128. The monoisotopic (exact) mass is 282 g/mol. The summed E-state index contributed by atoms with van der Waals surface area (Å²) in [6.45, 7) is 4.62. The molecule has 2 rings (SSSR count). The van der Waals surface area contributed by atoms with Gasteiger partial charge in [0.1, 0.15) is 5.25 Å². The molecular formula is C13H18N2O3S. The summed E-state index contributed by atoms with van der Waals surface area (Å²) in [6, 6.07) is 6.01. The van der Waals surface area contributed by atoms with Crippen molar-refractivity contribution in [2.75, 3.05) is 6.54 Å². The van der Waals surface area contributed by atoms with Crippen molar-refractivity contribution in [3.63, 3.8) is 0 Å². The van der Waals surface area contributed by atoms with Crippen LogP contribution >= 0.6 is 0 Å². The maximum atomic E-state index is 11.8. The molecule has 1 aliphatic heterocycles. The van der Waals surface area contributed by atoms with Crippen LogP contribution < -0.4 is 5.14 Å². The smallest absolute Gasteiger partial charge is 0.224 e. The number of primary sulfonamides is 1. The van der Waals surface area contributed by atoms with Crippen LogP contribution in [0.4, 0.5) is 0 Å². The Labute approximate surface area is 113 Å². The predicted molar refractivity (Wildman–Crippen MR) is 72.8 cm³/mol. The lowest BCUT2D eigenvalue weighted by Crippen LogP contribution is -2.32. The van der Waals surface area contributed by atoms with E-state index < -0.39 is 15.3 Å². The minimum Gasteiger partial charge on any atom is -0.337 e. The summed E-state index contributed by atoms with van der Waals surface area (Å²) in [5.41, 5.74) is 3.30. The van der Waals surface area contributed by atoms with Gasteiger partial charge in [-0.2, -0.15) is 0 Å². The molecule has 0 saturated carbocycles. The third-order valence-corrected chi connectivity index (χ3v) is 4.75. The molecular weight excluding hydrogens is 264 g/mol. The van der Waals surface area contributed by atoms with Gasteiger partial charge in [-0.05, 0) is 25.0 Å². The molecule has 1 saturated heterocycles. The molecule has 0 radical (unpaired) electrons.